The Morgan fingerprint density at radius 2 is 1.40 bits per heavy atom. The Labute approximate surface area is 339 Å². The highest BCUT2D eigenvalue weighted by Crippen LogP contribution is 2.46. The normalized spacial score (nSPS) is 14.6. The molecule has 3 heterocycles. The van der Waals surface area contributed by atoms with Gasteiger partial charge in [-0.15, -0.1) is 21.8 Å². The minimum Gasteiger partial charge on any atom is -0.309 e. The third-order valence-corrected chi connectivity index (χ3v) is 13.8. The number of benzene rings is 7. The van der Waals surface area contributed by atoms with Gasteiger partial charge in [0, 0.05) is 42.2 Å². The first-order chi connectivity index (χ1) is 28.0. The number of thiophene rings is 1. The molecule has 57 heavy (non-hydrogen) atoms. The van der Waals surface area contributed by atoms with Gasteiger partial charge in [-0.25, -0.2) is 4.99 Å². The summed E-state index contributed by atoms with van der Waals surface area (Å²) in [4.78, 5) is 13.2. The van der Waals surface area contributed by atoms with Gasteiger partial charge < -0.3 is 4.57 Å². The molecule has 1 aliphatic rings. The third-order valence-electron chi connectivity index (χ3n) is 11.0. The van der Waals surface area contributed by atoms with Gasteiger partial charge >= 0.3 is 0 Å². The van der Waals surface area contributed by atoms with Crippen LogP contribution in [0.2, 0.25) is 0 Å². The van der Waals surface area contributed by atoms with E-state index < -0.39 is 10.5 Å². The van der Waals surface area contributed by atoms with Crippen LogP contribution in [0, 0.1) is 0 Å². The van der Waals surface area contributed by atoms with Crippen LogP contribution in [0.1, 0.15) is 41.6 Å². The van der Waals surface area contributed by atoms with E-state index in [1.54, 1.807) is 0 Å². The zero-order valence-corrected chi connectivity index (χ0v) is 33.2. The fourth-order valence-electron chi connectivity index (χ4n) is 8.20. The monoisotopic (exact) mass is 769 g/mol. The smallest absolute Gasteiger partial charge is 0.103 e. The molecular weight excluding hydrogens is 731 g/mol. The number of para-hydroxylation sites is 3. The van der Waals surface area contributed by atoms with Gasteiger partial charge in [-0.2, -0.15) is 0 Å². The molecule has 5 heteroatoms. The van der Waals surface area contributed by atoms with Gasteiger partial charge in [0.25, 0.3) is 0 Å². The van der Waals surface area contributed by atoms with E-state index in [0.29, 0.717) is 6.42 Å². The van der Waals surface area contributed by atoms with Crippen LogP contribution >= 0.6 is 21.8 Å². The highest BCUT2D eigenvalue weighted by atomic mass is 32.2. The van der Waals surface area contributed by atoms with Crippen molar-refractivity contribution in [3.63, 3.8) is 0 Å². The van der Waals surface area contributed by atoms with E-state index in [-0.39, 0.29) is 6.04 Å². The summed E-state index contributed by atoms with van der Waals surface area (Å²) in [6.45, 7) is 6.97. The van der Waals surface area contributed by atoms with Gasteiger partial charge in [0.15, 0.2) is 0 Å². The molecule has 7 aromatic carbocycles. The molecule has 9 aromatic rings. The maximum absolute atomic E-state index is 5.59. The van der Waals surface area contributed by atoms with Crippen LogP contribution in [-0.4, -0.2) is 21.2 Å². The molecule has 0 aliphatic carbocycles. The number of fused-ring (bicyclic) bond motifs is 5. The van der Waals surface area contributed by atoms with Crippen molar-refractivity contribution in [3.8, 4) is 16.1 Å². The molecule has 0 fully saturated rings. The lowest BCUT2D eigenvalue weighted by atomic mass is 9.91. The summed E-state index contributed by atoms with van der Waals surface area (Å²) in [5.74, 6) is 4.63. The van der Waals surface area contributed by atoms with Crippen LogP contribution in [-0.2, 0) is 0 Å². The van der Waals surface area contributed by atoms with Crippen LogP contribution in [0.15, 0.2) is 197 Å². The second kappa shape index (κ2) is 14.6. The Hall–Kier alpha value is -6.40. The summed E-state index contributed by atoms with van der Waals surface area (Å²) >= 11 is 1.82. The molecule has 0 spiro atoms. The lowest BCUT2D eigenvalue weighted by Crippen LogP contribution is -2.05. The van der Waals surface area contributed by atoms with Crippen LogP contribution < -0.4 is 0 Å². The number of rotatable bonds is 9. The van der Waals surface area contributed by atoms with Gasteiger partial charge in [-0.1, -0.05) is 122 Å². The van der Waals surface area contributed by atoms with E-state index in [4.69, 9.17) is 16.6 Å². The van der Waals surface area contributed by atoms with Crippen molar-refractivity contribution < 1.29 is 0 Å². The number of hydrogen-bond acceptors (Lipinski definition) is 3. The van der Waals surface area contributed by atoms with Gasteiger partial charge in [0.2, 0.25) is 0 Å². The number of hydrogen-bond donors (Lipinski definition) is 0. The molecule has 0 bridgehead atoms. The SMILES string of the molecule is C=C(CC(N=C(C)c1ccccc1)c1cccc2c1c1ccccc1n2-c1ccccc1)c1cc(C2=Nc3ccccc3S2=C)cc(-c2cc3ccccc3s2)c1. The lowest BCUT2D eigenvalue weighted by Gasteiger charge is -2.19. The fourth-order valence-corrected chi connectivity index (χ4v) is 10.7. The van der Waals surface area contributed by atoms with Crippen molar-refractivity contribution in [2.45, 2.75) is 24.3 Å². The van der Waals surface area contributed by atoms with E-state index in [1.807, 2.05) is 11.3 Å². The molecule has 2 aromatic heterocycles. The third kappa shape index (κ3) is 6.39. The molecule has 0 radical (unpaired) electrons. The Morgan fingerprint density at radius 3 is 2.23 bits per heavy atom. The first kappa shape index (κ1) is 35.0. The van der Waals surface area contributed by atoms with Crippen LogP contribution in [0.5, 0.6) is 0 Å². The predicted molar refractivity (Wildman–Crippen MR) is 249 cm³/mol. The predicted octanol–water partition coefficient (Wildman–Crippen LogP) is 14.5. The summed E-state index contributed by atoms with van der Waals surface area (Å²) in [6, 6.07) is 62.6. The molecule has 1 aliphatic heterocycles. The van der Waals surface area contributed by atoms with Crippen LogP contribution in [0.4, 0.5) is 5.69 Å². The average molecular weight is 770 g/mol. The Balaban J connectivity index is 1.13. The van der Waals surface area contributed by atoms with Crippen LogP contribution in [0.25, 0.3) is 53.6 Å². The highest BCUT2D eigenvalue weighted by molar-refractivity contribution is 8.28. The van der Waals surface area contributed by atoms with Gasteiger partial charge in [-0.05, 0) is 113 Å². The second-order valence-electron chi connectivity index (χ2n) is 14.6. The molecule has 0 amide bonds. The molecule has 3 nitrogen and oxygen atoms in total. The summed E-state index contributed by atoms with van der Waals surface area (Å²) in [5.41, 5.74) is 12.1. The molecule has 2 atom stereocenters. The number of aromatic nitrogens is 1. The van der Waals surface area contributed by atoms with E-state index in [1.165, 1.54) is 47.2 Å². The summed E-state index contributed by atoms with van der Waals surface area (Å²) in [7, 11) is -0.400. The largest absolute Gasteiger partial charge is 0.309 e. The maximum Gasteiger partial charge on any atom is 0.103 e. The van der Waals surface area contributed by atoms with Crippen molar-refractivity contribution in [3.05, 3.63) is 205 Å². The standard InChI is InChI=1S/C52H39N3S2/c1-34(38-30-39(49-33-37-19-10-14-27-48(37)56-49)32-40(31-38)52-54-44-24-12-15-28-50(44)57(52)3)29-45(53-35(2)36-17-6-4-7-18-36)42-23-16-26-47-51(42)43-22-11-13-25-46(43)55(47)41-20-8-5-9-21-41/h4-28,30-33,45H,1,3,29H2,2H3. The van der Waals surface area contributed by atoms with E-state index in [2.05, 4.69) is 193 Å². The van der Waals surface area contributed by atoms with Crippen LogP contribution in [0.3, 0.4) is 0 Å². The van der Waals surface area contributed by atoms with Gasteiger partial charge in [-0.3, -0.25) is 4.99 Å². The first-order valence-corrected chi connectivity index (χ1v) is 21.4. The van der Waals surface area contributed by atoms with Crippen molar-refractivity contribution in [1.29, 1.82) is 0 Å². The van der Waals surface area contributed by atoms with Crippen molar-refractivity contribution >= 4 is 81.6 Å². The first-order valence-electron chi connectivity index (χ1n) is 19.2. The summed E-state index contributed by atoms with van der Waals surface area (Å²) in [6.07, 6.45) is 0.631. The molecule has 0 saturated heterocycles. The number of aliphatic imine (C=N–C) groups is 2. The highest BCUT2D eigenvalue weighted by Gasteiger charge is 2.24. The zero-order chi connectivity index (χ0) is 38.5. The molecule has 2 unspecified atom stereocenters. The van der Waals surface area contributed by atoms with E-state index in [9.17, 15) is 0 Å². The van der Waals surface area contributed by atoms with Gasteiger partial charge in [0.05, 0.1) is 22.8 Å². The maximum atomic E-state index is 5.59. The zero-order valence-electron chi connectivity index (χ0n) is 31.6. The molecule has 274 valence electrons. The second-order valence-corrected chi connectivity index (χ2v) is 17.2. The Bertz CT molecular complexity index is 3060. The molecular formula is C52H39N3S2. The van der Waals surface area contributed by atoms with Gasteiger partial charge in [0.1, 0.15) is 5.04 Å². The Morgan fingerprint density at radius 1 is 0.702 bits per heavy atom. The molecule has 0 saturated carbocycles. The molecule has 0 N–H and O–H groups in total. The van der Waals surface area contributed by atoms with E-state index in [0.717, 1.165) is 50.0 Å². The minimum atomic E-state index is -0.400. The summed E-state index contributed by atoms with van der Waals surface area (Å²) < 4.78 is 3.65. The average Bonchev–Trinajstić information content (AvgIpc) is 3.96. The topological polar surface area (TPSA) is 29.6 Å². The van der Waals surface area contributed by atoms with Crippen molar-refractivity contribution in [2.75, 3.05) is 0 Å². The minimum absolute atomic E-state index is 0.205. The molecule has 10 rings (SSSR count). The van der Waals surface area contributed by atoms with E-state index >= 15 is 0 Å². The quantitative estimate of drug-likeness (QED) is 0.103. The fraction of sp³-hybridized carbons (Fsp3) is 0.0577. The summed E-state index contributed by atoms with van der Waals surface area (Å²) in [5, 5.41) is 4.70. The Kier molecular flexibility index (Phi) is 8.97. The number of nitrogens with zero attached hydrogens (tertiary/aromatic N) is 3. The van der Waals surface area contributed by atoms with Crippen molar-refractivity contribution in [2.24, 2.45) is 9.98 Å². The lowest BCUT2D eigenvalue weighted by molar-refractivity contribution is 0.761. The van der Waals surface area contributed by atoms with Crippen molar-refractivity contribution in [1.82, 2.24) is 4.57 Å².